The Balaban J connectivity index is 2.01. The predicted molar refractivity (Wildman–Crippen MR) is 61.2 cm³/mol. The molecule has 0 bridgehead atoms. The summed E-state index contributed by atoms with van der Waals surface area (Å²) in [4.78, 5) is 0. The van der Waals surface area contributed by atoms with Crippen LogP contribution in [0.4, 0.5) is 0 Å². The number of rotatable bonds is 4. The van der Waals surface area contributed by atoms with Crippen molar-refractivity contribution in [1.29, 1.82) is 0 Å². The van der Waals surface area contributed by atoms with E-state index in [0.717, 1.165) is 25.1 Å². The second kappa shape index (κ2) is 4.55. The molecule has 0 radical (unpaired) electrons. The summed E-state index contributed by atoms with van der Waals surface area (Å²) in [7, 11) is 0. The third-order valence-electron chi connectivity index (χ3n) is 3.38. The van der Waals surface area contributed by atoms with Crippen molar-refractivity contribution in [2.45, 2.75) is 38.8 Å². The van der Waals surface area contributed by atoms with Gasteiger partial charge >= 0.3 is 0 Å². The molecule has 1 aliphatic rings. The first kappa shape index (κ1) is 11.6. The van der Waals surface area contributed by atoms with E-state index < -0.39 is 5.60 Å². The first-order valence-corrected chi connectivity index (χ1v) is 5.93. The fourth-order valence-corrected chi connectivity index (χ4v) is 2.25. The lowest BCUT2D eigenvalue weighted by atomic mass is 9.84. The Morgan fingerprint density at radius 3 is 3.06 bits per heavy atom. The molecule has 1 aliphatic heterocycles. The molecule has 1 fully saturated rings. The molecule has 0 spiro atoms. The maximum atomic E-state index is 10.4. The van der Waals surface area contributed by atoms with Gasteiger partial charge in [0.15, 0.2) is 0 Å². The summed E-state index contributed by atoms with van der Waals surface area (Å²) >= 11 is 0. The van der Waals surface area contributed by atoms with E-state index in [-0.39, 0.29) is 5.92 Å². The summed E-state index contributed by atoms with van der Waals surface area (Å²) in [6.45, 7) is 6.27. The lowest BCUT2D eigenvalue weighted by Crippen LogP contribution is -2.37. The van der Waals surface area contributed by atoms with Crippen LogP contribution in [-0.4, -0.2) is 33.7 Å². The molecule has 1 aromatic heterocycles. The summed E-state index contributed by atoms with van der Waals surface area (Å²) in [5, 5.41) is 14.7. The van der Waals surface area contributed by atoms with Crippen LogP contribution in [0.3, 0.4) is 0 Å². The Kier molecular flexibility index (Phi) is 3.30. The fourth-order valence-electron chi connectivity index (χ4n) is 2.25. The molecule has 0 aliphatic carbocycles. The van der Waals surface area contributed by atoms with E-state index >= 15 is 0 Å². The highest BCUT2D eigenvalue weighted by Gasteiger charge is 2.35. The van der Waals surface area contributed by atoms with Crippen molar-refractivity contribution in [1.82, 2.24) is 9.78 Å². The monoisotopic (exact) mass is 224 g/mol. The number of nitrogens with zero attached hydrogens (tertiary/aromatic N) is 2. The number of hydrogen-bond acceptors (Lipinski definition) is 3. The van der Waals surface area contributed by atoms with Crippen molar-refractivity contribution in [2.75, 3.05) is 13.2 Å². The van der Waals surface area contributed by atoms with Gasteiger partial charge in [-0.3, -0.25) is 4.68 Å². The van der Waals surface area contributed by atoms with Crippen LogP contribution in [0.15, 0.2) is 12.4 Å². The van der Waals surface area contributed by atoms with Crippen LogP contribution in [0.25, 0.3) is 0 Å². The van der Waals surface area contributed by atoms with Gasteiger partial charge in [-0.05, 0) is 25.8 Å². The number of aliphatic hydroxyl groups is 1. The zero-order valence-electron chi connectivity index (χ0n) is 10.0. The van der Waals surface area contributed by atoms with Crippen molar-refractivity contribution in [3.8, 4) is 0 Å². The molecule has 4 heteroatoms. The van der Waals surface area contributed by atoms with Crippen molar-refractivity contribution >= 4 is 0 Å². The summed E-state index contributed by atoms with van der Waals surface area (Å²) in [5.74, 6) is 0.248. The summed E-state index contributed by atoms with van der Waals surface area (Å²) in [5.41, 5.74) is 0.414. The smallest absolute Gasteiger partial charge is 0.0711 e. The maximum Gasteiger partial charge on any atom is 0.0711 e. The third-order valence-corrected chi connectivity index (χ3v) is 3.38. The van der Waals surface area contributed by atoms with Crippen molar-refractivity contribution in [2.24, 2.45) is 5.92 Å². The van der Waals surface area contributed by atoms with E-state index in [1.54, 1.807) is 0 Å². The van der Waals surface area contributed by atoms with E-state index in [9.17, 15) is 5.11 Å². The molecule has 1 saturated heterocycles. The third kappa shape index (κ3) is 2.44. The Hall–Kier alpha value is -0.870. The number of aromatic nitrogens is 2. The minimum atomic E-state index is -0.682. The number of ether oxygens (including phenoxy) is 1. The van der Waals surface area contributed by atoms with Crippen LogP contribution >= 0.6 is 0 Å². The zero-order valence-corrected chi connectivity index (χ0v) is 10.0. The molecular weight excluding hydrogens is 204 g/mol. The predicted octanol–water partition coefficient (Wildman–Crippen LogP) is 1.23. The maximum absolute atomic E-state index is 10.4. The van der Waals surface area contributed by atoms with Gasteiger partial charge in [-0.2, -0.15) is 5.10 Å². The number of aryl methyl sites for hydroxylation is 1. The highest BCUT2D eigenvalue weighted by atomic mass is 16.5. The van der Waals surface area contributed by atoms with Crippen LogP contribution in [0.5, 0.6) is 0 Å². The van der Waals surface area contributed by atoms with Gasteiger partial charge in [0.1, 0.15) is 0 Å². The summed E-state index contributed by atoms with van der Waals surface area (Å²) < 4.78 is 7.21. The second-order valence-corrected chi connectivity index (χ2v) is 4.80. The summed E-state index contributed by atoms with van der Waals surface area (Å²) in [6.07, 6.45) is 5.45. The van der Waals surface area contributed by atoms with Crippen LogP contribution in [-0.2, 0) is 17.7 Å². The van der Waals surface area contributed by atoms with Gasteiger partial charge in [0.05, 0.1) is 18.4 Å². The van der Waals surface area contributed by atoms with Crippen molar-refractivity contribution in [3.05, 3.63) is 18.0 Å². The molecule has 0 amide bonds. The van der Waals surface area contributed by atoms with Gasteiger partial charge < -0.3 is 9.84 Å². The van der Waals surface area contributed by atoms with Gasteiger partial charge in [-0.25, -0.2) is 0 Å². The van der Waals surface area contributed by atoms with E-state index in [0.29, 0.717) is 13.0 Å². The van der Waals surface area contributed by atoms with Crippen molar-refractivity contribution in [3.63, 3.8) is 0 Å². The van der Waals surface area contributed by atoms with Gasteiger partial charge in [-0.15, -0.1) is 0 Å². The fraction of sp³-hybridized carbons (Fsp3) is 0.750. The van der Waals surface area contributed by atoms with E-state index in [1.807, 2.05) is 24.0 Å². The molecule has 1 aromatic rings. The lowest BCUT2D eigenvalue weighted by molar-refractivity contribution is -0.00455. The zero-order chi connectivity index (χ0) is 11.6. The van der Waals surface area contributed by atoms with Gasteiger partial charge in [0.25, 0.3) is 0 Å². The highest BCUT2D eigenvalue weighted by molar-refractivity contribution is 5.09. The molecule has 2 unspecified atom stereocenters. The molecule has 2 heterocycles. The first-order valence-electron chi connectivity index (χ1n) is 5.93. The Labute approximate surface area is 96.2 Å². The topological polar surface area (TPSA) is 47.3 Å². The summed E-state index contributed by atoms with van der Waals surface area (Å²) in [6, 6.07) is 0. The van der Waals surface area contributed by atoms with Gasteiger partial charge in [0.2, 0.25) is 0 Å². The van der Waals surface area contributed by atoms with Crippen LogP contribution < -0.4 is 0 Å². The average Bonchev–Trinajstić information content (AvgIpc) is 2.86. The Morgan fingerprint density at radius 1 is 1.69 bits per heavy atom. The molecule has 2 rings (SSSR count). The SMILES string of the molecule is CCn1cc(CC(C)(O)C2CCOC2)cn1. The van der Waals surface area contributed by atoms with E-state index in [1.165, 1.54) is 0 Å². The van der Waals surface area contributed by atoms with Gasteiger partial charge in [0, 0.05) is 31.7 Å². The van der Waals surface area contributed by atoms with Crippen molar-refractivity contribution < 1.29 is 9.84 Å². The van der Waals surface area contributed by atoms with E-state index in [2.05, 4.69) is 12.0 Å². The average molecular weight is 224 g/mol. The molecule has 90 valence electrons. The largest absolute Gasteiger partial charge is 0.389 e. The molecule has 0 aromatic carbocycles. The Morgan fingerprint density at radius 2 is 2.50 bits per heavy atom. The van der Waals surface area contributed by atoms with Crippen LogP contribution in [0.2, 0.25) is 0 Å². The van der Waals surface area contributed by atoms with E-state index in [4.69, 9.17) is 4.74 Å². The van der Waals surface area contributed by atoms with Gasteiger partial charge in [-0.1, -0.05) is 0 Å². The second-order valence-electron chi connectivity index (χ2n) is 4.80. The molecule has 1 N–H and O–H groups in total. The minimum absolute atomic E-state index is 0.248. The molecule has 0 saturated carbocycles. The lowest BCUT2D eigenvalue weighted by Gasteiger charge is -2.28. The molecular formula is C12H20N2O2. The standard InChI is InChI=1S/C12H20N2O2/c1-3-14-8-10(7-13-14)6-12(2,15)11-4-5-16-9-11/h7-8,11,15H,3-6,9H2,1-2H3. The van der Waals surface area contributed by atoms with Crippen LogP contribution in [0.1, 0.15) is 25.8 Å². The minimum Gasteiger partial charge on any atom is -0.389 e. The first-order chi connectivity index (χ1) is 7.62. The highest BCUT2D eigenvalue weighted by Crippen LogP contribution is 2.28. The molecule has 2 atom stereocenters. The molecule has 16 heavy (non-hydrogen) atoms. The van der Waals surface area contributed by atoms with Crippen LogP contribution in [0, 0.1) is 5.92 Å². The molecule has 4 nitrogen and oxygen atoms in total. The Bertz CT molecular complexity index is 341. The normalized spacial score (nSPS) is 24.6. The quantitative estimate of drug-likeness (QED) is 0.837. The number of hydrogen-bond donors (Lipinski definition) is 1.